The first-order chi connectivity index (χ1) is 4.55. The molecule has 3 atom stereocenters. The second kappa shape index (κ2) is 2.92. The zero-order chi connectivity index (χ0) is 7.78. The van der Waals surface area contributed by atoms with Crippen LogP contribution in [-0.4, -0.2) is 40.4 Å². The second-order valence-electron chi connectivity index (χ2n) is 3.14. The first kappa shape index (κ1) is 8.70. The summed E-state index contributed by atoms with van der Waals surface area (Å²) >= 11 is 2.21. The van der Waals surface area contributed by atoms with Crippen molar-refractivity contribution in [3.05, 3.63) is 5.21 Å². The Kier molecular flexibility index (Phi) is 2.54. The Hall–Kier alpha value is 0.610. The van der Waals surface area contributed by atoms with E-state index >= 15 is 0 Å². The predicted molar refractivity (Wildman–Crippen MR) is 47.7 cm³/mol. The second-order valence-corrected chi connectivity index (χ2v) is 4.02. The van der Waals surface area contributed by atoms with E-state index in [2.05, 4.69) is 22.6 Å². The molecule has 3 nitrogen and oxygen atoms in total. The van der Waals surface area contributed by atoms with Crippen molar-refractivity contribution in [1.29, 1.82) is 0 Å². The van der Waals surface area contributed by atoms with E-state index in [0.717, 1.165) is 4.43 Å². The van der Waals surface area contributed by atoms with Gasteiger partial charge in [-0.1, -0.05) is 22.6 Å². The summed E-state index contributed by atoms with van der Waals surface area (Å²) in [5.41, 5.74) is 0. The van der Waals surface area contributed by atoms with E-state index in [-0.39, 0.29) is 16.7 Å². The Labute approximate surface area is 74.3 Å². The van der Waals surface area contributed by atoms with Crippen molar-refractivity contribution >= 4 is 22.6 Å². The summed E-state index contributed by atoms with van der Waals surface area (Å²) in [5.74, 6) is 0.211. The molecule has 1 aliphatic rings. The smallest absolute Gasteiger partial charge is 0.112 e. The maximum absolute atomic E-state index is 11.3. The third-order valence-corrected chi connectivity index (χ3v) is 3.07. The van der Waals surface area contributed by atoms with Crippen molar-refractivity contribution in [2.24, 2.45) is 5.92 Å². The van der Waals surface area contributed by atoms with Crippen LogP contribution in [0.15, 0.2) is 0 Å². The van der Waals surface area contributed by atoms with Crippen molar-refractivity contribution in [2.75, 3.05) is 24.6 Å². The molecule has 0 aliphatic carbocycles. The van der Waals surface area contributed by atoms with Crippen LogP contribution in [0.25, 0.3) is 0 Å². The molecule has 0 amide bonds. The third-order valence-electron chi connectivity index (χ3n) is 1.94. The number of aliphatic hydroxyl groups excluding tert-OH is 1. The third kappa shape index (κ3) is 1.81. The highest BCUT2D eigenvalue weighted by Crippen LogP contribution is 2.23. The summed E-state index contributed by atoms with van der Waals surface area (Å²) in [6.07, 6.45) is -0.376. The van der Waals surface area contributed by atoms with Crippen molar-refractivity contribution in [3.8, 4) is 0 Å². The van der Waals surface area contributed by atoms with Crippen LogP contribution in [0.1, 0.15) is 0 Å². The van der Waals surface area contributed by atoms with Crippen molar-refractivity contribution < 1.29 is 9.75 Å². The maximum Gasteiger partial charge on any atom is 0.112 e. The maximum atomic E-state index is 11.3. The minimum Gasteiger partial charge on any atom is -0.633 e. The van der Waals surface area contributed by atoms with E-state index in [1.54, 1.807) is 7.05 Å². The van der Waals surface area contributed by atoms with Crippen molar-refractivity contribution in [1.82, 2.24) is 0 Å². The van der Waals surface area contributed by atoms with Gasteiger partial charge in [-0.05, 0) is 0 Å². The molecule has 0 spiro atoms. The number of halogens is 1. The molecule has 1 rings (SSSR count). The number of alkyl halides is 1. The van der Waals surface area contributed by atoms with Crippen LogP contribution in [0, 0.1) is 11.1 Å². The lowest BCUT2D eigenvalue weighted by molar-refractivity contribution is -0.850. The van der Waals surface area contributed by atoms with Gasteiger partial charge in [-0.2, -0.15) is 0 Å². The molecule has 0 aromatic carbocycles. The molecule has 60 valence electrons. The van der Waals surface area contributed by atoms with Gasteiger partial charge < -0.3 is 15.0 Å². The van der Waals surface area contributed by atoms with Crippen LogP contribution in [0.5, 0.6) is 0 Å². The van der Waals surface area contributed by atoms with Crippen LogP contribution >= 0.6 is 22.6 Å². The molecule has 0 aromatic rings. The molecule has 1 aliphatic heterocycles. The number of rotatable bonds is 1. The normalized spacial score (nSPS) is 48.0. The first-order valence-corrected chi connectivity index (χ1v) is 4.87. The highest BCUT2D eigenvalue weighted by Gasteiger charge is 2.35. The van der Waals surface area contributed by atoms with E-state index < -0.39 is 0 Å². The van der Waals surface area contributed by atoms with Gasteiger partial charge >= 0.3 is 0 Å². The summed E-state index contributed by atoms with van der Waals surface area (Å²) in [6.45, 7) is 0.942. The molecule has 0 aromatic heterocycles. The number of hydroxylamine groups is 3. The molecule has 0 saturated carbocycles. The predicted octanol–water partition coefficient (Wildman–Crippen LogP) is 0.356. The monoisotopic (exact) mass is 257 g/mol. The van der Waals surface area contributed by atoms with Crippen LogP contribution in [0.3, 0.4) is 0 Å². The fourth-order valence-corrected chi connectivity index (χ4v) is 2.25. The minimum absolute atomic E-state index is 0.211. The van der Waals surface area contributed by atoms with Crippen LogP contribution < -0.4 is 0 Å². The first-order valence-electron chi connectivity index (χ1n) is 3.35. The van der Waals surface area contributed by atoms with E-state index in [9.17, 15) is 10.3 Å². The molecular formula is C6H12INO2. The summed E-state index contributed by atoms with van der Waals surface area (Å²) < 4.78 is 0.615. The lowest BCUT2D eigenvalue weighted by Crippen LogP contribution is -2.35. The van der Waals surface area contributed by atoms with Gasteiger partial charge in [0.2, 0.25) is 0 Å². The average Bonchev–Trinajstić information content (AvgIpc) is 2.05. The quantitative estimate of drug-likeness (QED) is 0.319. The number of aliphatic hydroxyl groups is 1. The fourth-order valence-electron chi connectivity index (χ4n) is 1.39. The lowest BCUT2D eigenvalue weighted by atomic mass is 10.1. The number of quaternary nitrogens is 1. The Bertz CT molecular complexity index is 129. The number of likely N-dealkylation sites (tertiary alicyclic amines) is 1. The van der Waals surface area contributed by atoms with E-state index in [4.69, 9.17) is 0 Å². The molecule has 1 saturated heterocycles. The lowest BCUT2D eigenvalue weighted by Gasteiger charge is -2.33. The molecule has 4 heteroatoms. The topological polar surface area (TPSA) is 43.3 Å². The van der Waals surface area contributed by atoms with Crippen LogP contribution in [0.4, 0.5) is 0 Å². The number of hydrogen-bond donors (Lipinski definition) is 1. The fraction of sp³-hybridized carbons (Fsp3) is 1.00. The zero-order valence-corrected chi connectivity index (χ0v) is 8.11. The highest BCUT2D eigenvalue weighted by atomic mass is 127. The number of hydrogen-bond acceptors (Lipinski definition) is 2. The molecule has 0 bridgehead atoms. The van der Waals surface area contributed by atoms with Crippen LogP contribution in [-0.2, 0) is 0 Å². The van der Waals surface area contributed by atoms with E-state index in [0.29, 0.717) is 13.1 Å². The average molecular weight is 257 g/mol. The van der Waals surface area contributed by atoms with E-state index in [1.807, 2.05) is 0 Å². The largest absolute Gasteiger partial charge is 0.633 e. The van der Waals surface area contributed by atoms with Gasteiger partial charge in [-0.3, -0.25) is 0 Å². The zero-order valence-electron chi connectivity index (χ0n) is 5.96. The molecule has 1 N–H and O–H groups in total. The molecule has 1 unspecified atom stereocenters. The van der Waals surface area contributed by atoms with Gasteiger partial charge in [0, 0.05) is 10.3 Å². The minimum atomic E-state index is -0.376. The van der Waals surface area contributed by atoms with E-state index in [1.165, 1.54) is 0 Å². The standard InChI is InChI=1S/C6H12INO2/c1-8(10)3-5(2-7)6(9)4-8/h5-6,9H,2-4H2,1H3/t5-,6-,8?/m1/s1. The number of nitrogens with zero attached hydrogens (tertiary/aromatic N) is 1. The summed E-state index contributed by atoms with van der Waals surface area (Å²) in [7, 11) is 1.62. The summed E-state index contributed by atoms with van der Waals surface area (Å²) in [6, 6.07) is 0. The highest BCUT2D eigenvalue weighted by molar-refractivity contribution is 14.1. The van der Waals surface area contributed by atoms with Crippen molar-refractivity contribution in [2.45, 2.75) is 6.10 Å². The van der Waals surface area contributed by atoms with Gasteiger partial charge in [0.15, 0.2) is 0 Å². The van der Waals surface area contributed by atoms with Gasteiger partial charge in [0.1, 0.15) is 12.6 Å². The van der Waals surface area contributed by atoms with Crippen molar-refractivity contribution in [3.63, 3.8) is 0 Å². The molecule has 1 heterocycles. The van der Waals surface area contributed by atoms with Crippen LogP contribution in [0.2, 0.25) is 0 Å². The summed E-state index contributed by atoms with van der Waals surface area (Å²) in [5, 5.41) is 20.6. The Morgan fingerprint density at radius 3 is 2.50 bits per heavy atom. The molecule has 0 radical (unpaired) electrons. The SMILES string of the molecule is C[N+]1([O-])C[C@@H](CI)[C@H](O)C1. The van der Waals surface area contributed by atoms with Gasteiger partial charge in [-0.25, -0.2) is 0 Å². The Morgan fingerprint density at radius 2 is 2.30 bits per heavy atom. The Balaban J connectivity index is 2.52. The Morgan fingerprint density at radius 1 is 1.70 bits per heavy atom. The number of likely N-dealkylation sites (N-methyl/N-ethyl adjacent to an activating group) is 1. The molecular weight excluding hydrogens is 245 g/mol. The van der Waals surface area contributed by atoms with Gasteiger partial charge in [0.05, 0.1) is 13.6 Å². The van der Waals surface area contributed by atoms with Gasteiger partial charge in [0.25, 0.3) is 0 Å². The summed E-state index contributed by atoms with van der Waals surface area (Å²) in [4.78, 5) is 0. The van der Waals surface area contributed by atoms with Gasteiger partial charge in [-0.15, -0.1) is 0 Å². The molecule has 10 heavy (non-hydrogen) atoms. The molecule has 1 fully saturated rings.